The number of likely N-dealkylation sites (N-methyl/N-ethyl adjacent to an activating group) is 1. The lowest BCUT2D eigenvalue weighted by atomic mass is 9.84. The molecule has 0 aliphatic carbocycles. The first kappa shape index (κ1) is 17.0. The second-order valence-corrected chi connectivity index (χ2v) is 5.51. The number of para-hydroxylation sites is 1. The quantitative estimate of drug-likeness (QED) is 0.794. The smallest absolute Gasteiger partial charge is 0.122 e. The summed E-state index contributed by atoms with van der Waals surface area (Å²) in [5.74, 6) is 0.931. The molecule has 2 unspecified atom stereocenters. The number of nitrogens with zero attached hydrogens (tertiary/aromatic N) is 1. The molecule has 2 atom stereocenters. The van der Waals surface area contributed by atoms with Gasteiger partial charge in [-0.2, -0.15) is 0 Å². The normalized spacial score (nSPS) is 15.9. The molecule has 0 spiro atoms. The molecule has 0 saturated carbocycles. The van der Waals surface area contributed by atoms with Gasteiger partial charge in [-0.05, 0) is 44.5 Å². The molecule has 0 fully saturated rings. The maximum atomic E-state index is 6.57. The van der Waals surface area contributed by atoms with E-state index in [1.807, 2.05) is 18.2 Å². The van der Waals surface area contributed by atoms with Crippen LogP contribution in [0, 0.1) is 0 Å². The number of ether oxygens (including phenoxy) is 1. The van der Waals surface area contributed by atoms with Crippen molar-refractivity contribution >= 4 is 0 Å². The first-order valence-electron chi connectivity index (χ1n) is 7.65. The molecule has 0 saturated heterocycles. The van der Waals surface area contributed by atoms with Crippen LogP contribution in [0.3, 0.4) is 0 Å². The molecule has 0 aromatic heterocycles. The number of methoxy groups -OCH3 is 1. The van der Waals surface area contributed by atoms with Gasteiger partial charge in [0.25, 0.3) is 0 Å². The summed E-state index contributed by atoms with van der Waals surface area (Å²) in [5.41, 5.74) is 7.78. The zero-order valence-electron chi connectivity index (χ0n) is 13.6. The van der Waals surface area contributed by atoms with Crippen LogP contribution < -0.4 is 10.5 Å². The largest absolute Gasteiger partial charge is 0.496 e. The molecular weight excluding hydrogens is 248 g/mol. The summed E-state index contributed by atoms with van der Waals surface area (Å²) in [5, 5.41) is 0. The number of hydrogen-bond acceptors (Lipinski definition) is 3. The number of hydrogen-bond donors (Lipinski definition) is 1. The van der Waals surface area contributed by atoms with E-state index < -0.39 is 0 Å². The lowest BCUT2D eigenvalue weighted by Gasteiger charge is -2.44. The Kier molecular flexibility index (Phi) is 6.50. The van der Waals surface area contributed by atoms with Crippen molar-refractivity contribution < 1.29 is 4.74 Å². The summed E-state index contributed by atoms with van der Waals surface area (Å²) in [7, 11) is 1.72. The van der Waals surface area contributed by atoms with Crippen LogP contribution in [0.2, 0.25) is 0 Å². The maximum absolute atomic E-state index is 6.57. The van der Waals surface area contributed by atoms with E-state index >= 15 is 0 Å². The fourth-order valence-electron chi connectivity index (χ4n) is 2.99. The topological polar surface area (TPSA) is 38.5 Å². The van der Waals surface area contributed by atoms with Crippen molar-refractivity contribution in [3.05, 3.63) is 29.8 Å². The molecule has 0 heterocycles. The molecule has 3 nitrogen and oxygen atoms in total. The Labute approximate surface area is 124 Å². The van der Waals surface area contributed by atoms with Crippen LogP contribution in [0.15, 0.2) is 24.3 Å². The summed E-state index contributed by atoms with van der Waals surface area (Å²) in [4.78, 5) is 2.47. The summed E-state index contributed by atoms with van der Waals surface area (Å²) < 4.78 is 5.44. The monoisotopic (exact) mass is 278 g/mol. The van der Waals surface area contributed by atoms with Crippen LogP contribution in [-0.2, 0) is 6.42 Å². The Morgan fingerprint density at radius 1 is 1.20 bits per heavy atom. The predicted molar refractivity (Wildman–Crippen MR) is 86.3 cm³/mol. The van der Waals surface area contributed by atoms with E-state index in [1.165, 1.54) is 5.56 Å². The third kappa shape index (κ3) is 3.53. The van der Waals surface area contributed by atoms with Gasteiger partial charge in [0.1, 0.15) is 5.75 Å². The van der Waals surface area contributed by atoms with E-state index in [-0.39, 0.29) is 11.6 Å². The van der Waals surface area contributed by atoms with Crippen molar-refractivity contribution in [3.8, 4) is 5.75 Å². The fourth-order valence-corrected chi connectivity index (χ4v) is 2.99. The van der Waals surface area contributed by atoms with Gasteiger partial charge in [-0.1, -0.05) is 39.0 Å². The van der Waals surface area contributed by atoms with E-state index in [2.05, 4.69) is 38.7 Å². The molecule has 1 aromatic carbocycles. The number of nitrogens with two attached hydrogens (primary N) is 1. The molecule has 0 amide bonds. The minimum Gasteiger partial charge on any atom is -0.496 e. The van der Waals surface area contributed by atoms with E-state index in [0.717, 1.165) is 31.7 Å². The Balaban J connectivity index is 2.94. The van der Waals surface area contributed by atoms with Crippen molar-refractivity contribution in [1.29, 1.82) is 0 Å². The van der Waals surface area contributed by atoms with E-state index in [1.54, 1.807) is 7.11 Å². The van der Waals surface area contributed by atoms with Gasteiger partial charge in [-0.3, -0.25) is 4.90 Å². The van der Waals surface area contributed by atoms with Gasteiger partial charge >= 0.3 is 0 Å². The molecule has 2 N–H and O–H groups in total. The predicted octanol–water partition coefficient (Wildman–Crippen LogP) is 3.08. The average Bonchev–Trinajstić information content (AvgIpc) is 2.48. The third-order valence-electron chi connectivity index (χ3n) is 4.63. The Morgan fingerprint density at radius 2 is 1.80 bits per heavy atom. The number of rotatable bonds is 8. The van der Waals surface area contributed by atoms with E-state index in [9.17, 15) is 0 Å². The molecule has 3 heteroatoms. The van der Waals surface area contributed by atoms with Crippen molar-refractivity contribution in [1.82, 2.24) is 4.90 Å². The van der Waals surface area contributed by atoms with Crippen LogP contribution in [0.25, 0.3) is 0 Å². The number of benzene rings is 1. The summed E-state index contributed by atoms with van der Waals surface area (Å²) in [6.45, 7) is 11.0. The standard InChI is InChI=1S/C17H30N2O/c1-6-17(4,19(7-2)8-3)16(18)13-14-11-9-10-12-15(14)20-5/h9-12,16H,6-8,13,18H2,1-5H3. The van der Waals surface area contributed by atoms with Gasteiger partial charge in [0.05, 0.1) is 7.11 Å². The van der Waals surface area contributed by atoms with Gasteiger partial charge in [0, 0.05) is 11.6 Å². The molecule has 0 radical (unpaired) electrons. The third-order valence-corrected chi connectivity index (χ3v) is 4.63. The van der Waals surface area contributed by atoms with Gasteiger partial charge < -0.3 is 10.5 Å². The Bertz CT molecular complexity index is 404. The molecule has 114 valence electrons. The van der Waals surface area contributed by atoms with E-state index in [4.69, 9.17) is 10.5 Å². The molecule has 20 heavy (non-hydrogen) atoms. The summed E-state index contributed by atoms with van der Waals surface area (Å²) in [6, 6.07) is 8.24. The molecule has 0 aliphatic rings. The van der Waals surface area contributed by atoms with Gasteiger partial charge in [0.2, 0.25) is 0 Å². The molecular formula is C17H30N2O. The van der Waals surface area contributed by atoms with Crippen LogP contribution in [0.5, 0.6) is 5.75 Å². The van der Waals surface area contributed by atoms with Gasteiger partial charge in [-0.25, -0.2) is 0 Å². The van der Waals surface area contributed by atoms with E-state index in [0.29, 0.717) is 0 Å². The lowest BCUT2D eigenvalue weighted by molar-refractivity contribution is 0.0843. The van der Waals surface area contributed by atoms with Crippen LogP contribution in [-0.4, -0.2) is 36.7 Å². The summed E-state index contributed by atoms with van der Waals surface area (Å²) in [6.07, 6.45) is 1.88. The second kappa shape index (κ2) is 7.65. The highest BCUT2D eigenvalue weighted by molar-refractivity contribution is 5.34. The van der Waals surface area contributed by atoms with Crippen molar-refractivity contribution in [2.75, 3.05) is 20.2 Å². The molecule has 1 rings (SSSR count). The van der Waals surface area contributed by atoms with Crippen molar-refractivity contribution in [2.24, 2.45) is 5.73 Å². The first-order valence-corrected chi connectivity index (χ1v) is 7.65. The zero-order chi connectivity index (χ0) is 15.2. The zero-order valence-corrected chi connectivity index (χ0v) is 13.6. The molecule has 1 aromatic rings. The Morgan fingerprint density at radius 3 is 2.30 bits per heavy atom. The Hall–Kier alpha value is -1.06. The second-order valence-electron chi connectivity index (χ2n) is 5.51. The van der Waals surface area contributed by atoms with Crippen molar-refractivity contribution in [2.45, 2.75) is 52.1 Å². The SMILES string of the molecule is CCN(CC)C(C)(CC)C(N)Cc1ccccc1OC. The van der Waals surface area contributed by atoms with Gasteiger partial charge in [-0.15, -0.1) is 0 Å². The van der Waals surface area contributed by atoms with Crippen LogP contribution >= 0.6 is 0 Å². The van der Waals surface area contributed by atoms with Crippen LogP contribution in [0.1, 0.15) is 39.7 Å². The van der Waals surface area contributed by atoms with Crippen molar-refractivity contribution in [3.63, 3.8) is 0 Å². The average molecular weight is 278 g/mol. The summed E-state index contributed by atoms with van der Waals surface area (Å²) >= 11 is 0. The highest BCUT2D eigenvalue weighted by atomic mass is 16.5. The fraction of sp³-hybridized carbons (Fsp3) is 0.647. The highest BCUT2D eigenvalue weighted by Crippen LogP contribution is 2.27. The lowest BCUT2D eigenvalue weighted by Crippen LogP contribution is -2.58. The van der Waals surface area contributed by atoms with Crippen LogP contribution in [0.4, 0.5) is 0 Å². The minimum absolute atomic E-state index is 0.0182. The van der Waals surface area contributed by atoms with Gasteiger partial charge in [0.15, 0.2) is 0 Å². The highest BCUT2D eigenvalue weighted by Gasteiger charge is 2.34. The minimum atomic E-state index is 0.0182. The first-order chi connectivity index (χ1) is 9.53. The maximum Gasteiger partial charge on any atom is 0.122 e. The molecule has 0 aliphatic heterocycles. The molecule has 0 bridgehead atoms.